The first-order chi connectivity index (χ1) is 19.3. The second-order valence-corrected chi connectivity index (χ2v) is 11.7. The third-order valence-corrected chi connectivity index (χ3v) is 8.62. The van der Waals surface area contributed by atoms with Gasteiger partial charge in [0.15, 0.2) is 5.65 Å². The second kappa shape index (κ2) is 11.6. The predicted octanol–water partition coefficient (Wildman–Crippen LogP) is 2.83. The van der Waals surface area contributed by atoms with Crippen molar-refractivity contribution in [1.82, 2.24) is 18.8 Å². The lowest BCUT2D eigenvalue weighted by Gasteiger charge is -2.35. The molecule has 1 unspecified atom stereocenters. The van der Waals surface area contributed by atoms with E-state index in [4.69, 9.17) is 0 Å². The maximum atomic E-state index is 13.5. The van der Waals surface area contributed by atoms with Gasteiger partial charge in [-0.3, -0.25) is 4.90 Å². The summed E-state index contributed by atoms with van der Waals surface area (Å²) < 4.78 is 28.2. The summed E-state index contributed by atoms with van der Waals surface area (Å²) >= 11 is 0. The van der Waals surface area contributed by atoms with Crippen LogP contribution in [0.15, 0.2) is 65.7 Å². The maximum absolute atomic E-state index is 13.5. The molecule has 12 heteroatoms. The van der Waals surface area contributed by atoms with E-state index in [1.54, 1.807) is 37.3 Å². The Morgan fingerprint density at radius 2 is 1.70 bits per heavy atom. The number of aromatic nitrogens is 3. The van der Waals surface area contributed by atoms with Crippen molar-refractivity contribution >= 4 is 50.5 Å². The number of nitrogens with zero attached hydrogens (tertiary/aromatic N) is 5. The number of piperazine rings is 1. The second-order valence-electron chi connectivity index (χ2n) is 9.92. The number of carbonyl (C=O) groups is 1. The van der Waals surface area contributed by atoms with Gasteiger partial charge in [-0.15, -0.1) is 0 Å². The quantitative estimate of drug-likeness (QED) is 0.247. The molecule has 11 nitrogen and oxygen atoms in total. The van der Waals surface area contributed by atoms with E-state index >= 15 is 0 Å². The van der Waals surface area contributed by atoms with E-state index in [0.717, 1.165) is 53.4 Å². The van der Waals surface area contributed by atoms with Crippen LogP contribution in [-0.4, -0.2) is 84.0 Å². The number of benzene rings is 2. The zero-order valence-electron chi connectivity index (χ0n) is 22.5. The number of aliphatic hydroxyl groups is 1. The molecule has 1 fully saturated rings. The fourth-order valence-corrected chi connectivity index (χ4v) is 5.93. The molecule has 0 aliphatic carbocycles. The lowest BCUT2D eigenvalue weighted by molar-refractivity contribution is -0.108. The SMILES string of the molecule is Cc1ccc(S(=O)(=O)n2ccc3c(NC(C)CO)nc(Nc4ccc(N5CCN(CC=O)CC5)cc4)nc32)cc1. The number of fused-ring (bicyclic) bond motifs is 1. The highest BCUT2D eigenvalue weighted by Crippen LogP contribution is 2.29. The number of aryl methyl sites for hydroxylation is 1. The van der Waals surface area contributed by atoms with Gasteiger partial charge >= 0.3 is 0 Å². The Morgan fingerprint density at radius 3 is 2.35 bits per heavy atom. The predicted molar refractivity (Wildman–Crippen MR) is 156 cm³/mol. The summed E-state index contributed by atoms with van der Waals surface area (Å²) in [4.78, 5) is 24.5. The van der Waals surface area contributed by atoms with E-state index in [2.05, 4.69) is 30.4 Å². The number of carbonyl (C=O) groups excluding carboxylic acids is 1. The number of aliphatic hydroxyl groups excluding tert-OH is 1. The van der Waals surface area contributed by atoms with Crippen LogP contribution >= 0.6 is 0 Å². The van der Waals surface area contributed by atoms with Gasteiger partial charge in [-0.25, -0.2) is 12.4 Å². The van der Waals surface area contributed by atoms with Gasteiger partial charge in [-0.05, 0) is 56.3 Å². The molecule has 2 aromatic heterocycles. The fourth-order valence-electron chi connectivity index (χ4n) is 4.63. The van der Waals surface area contributed by atoms with Gasteiger partial charge in [0.25, 0.3) is 10.0 Å². The summed E-state index contributed by atoms with van der Waals surface area (Å²) in [5, 5.41) is 16.5. The highest BCUT2D eigenvalue weighted by Gasteiger charge is 2.23. The first-order valence-electron chi connectivity index (χ1n) is 13.2. The minimum absolute atomic E-state index is 0.124. The Morgan fingerprint density at radius 1 is 1.00 bits per heavy atom. The van der Waals surface area contributed by atoms with E-state index in [1.165, 1.54) is 6.20 Å². The molecule has 5 rings (SSSR count). The minimum atomic E-state index is -3.91. The highest BCUT2D eigenvalue weighted by atomic mass is 32.2. The molecule has 3 N–H and O–H groups in total. The number of aldehydes is 1. The third-order valence-electron chi connectivity index (χ3n) is 6.94. The molecule has 0 bridgehead atoms. The van der Waals surface area contributed by atoms with Gasteiger partial charge < -0.3 is 25.4 Å². The van der Waals surface area contributed by atoms with Crippen molar-refractivity contribution in [1.29, 1.82) is 0 Å². The summed E-state index contributed by atoms with van der Waals surface area (Å²) in [6.45, 7) is 7.38. The van der Waals surface area contributed by atoms with Crippen molar-refractivity contribution in [2.45, 2.75) is 24.8 Å². The van der Waals surface area contributed by atoms with Crippen LogP contribution in [0.2, 0.25) is 0 Å². The first-order valence-corrected chi connectivity index (χ1v) is 14.6. The summed E-state index contributed by atoms with van der Waals surface area (Å²) in [5.74, 6) is 0.631. The lowest BCUT2D eigenvalue weighted by atomic mass is 10.2. The molecule has 1 saturated heterocycles. The minimum Gasteiger partial charge on any atom is -0.394 e. The molecule has 1 atom stereocenters. The molecule has 40 heavy (non-hydrogen) atoms. The largest absolute Gasteiger partial charge is 0.394 e. The van der Waals surface area contributed by atoms with Crippen molar-refractivity contribution in [2.24, 2.45) is 0 Å². The third kappa shape index (κ3) is 5.79. The molecule has 3 heterocycles. The Labute approximate surface area is 233 Å². The number of anilines is 4. The standard InChI is InChI=1S/C28H33N7O4S/c1-20-3-9-24(10-4-20)40(38,39)35-12-11-25-26(29-21(2)19-37)31-28(32-27(25)35)30-22-5-7-23(8-6-22)34-15-13-33(14-16-34)17-18-36/h3-12,18,21,37H,13-17,19H2,1-2H3,(H2,29,30,31,32). The van der Waals surface area contributed by atoms with Crippen molar-refractivity contribution in [3.63, 3.8) is 0 Å². The fraction of sp³-hybridized carbons (Fsp3) is 0.321. The van der Waals surface area contributed by atoms with Gasteiger partial charge in [-0.2, -0.15) is 9.97 Å². The molecule has 0 radical (unpaired) electrons. The average Bonchev–Trinajstić information content (AvgIpc) is 3.39. The van der Waals surface area contributed by atoms with Gasteiger partial charge in [0.1, 0.15) is 12.1 Å². The molecule has 0 spiro atoms. The van der Waals surface area contributed by atoms with Crippen LogP contribution in [0, 0.1) is 6.92 Å². The van der Waals surface area contributed by atoms with Crippen molar-refractivity contribution in [3.05, 3.63) is 66.4 Å². The van der Waals surface area contributed by atoms with Crippen LogP contribution < -0.4 is 15.5 Å². The van der Waals surface area contributed by atoms with E-state index in [9.17, 15) is 18.3 Å². The molecule has 0 saturated carbocycles. The molecular weight excluding hydrogens is 530 g/mol. The van der Waals surface area contributed by atoms with Crippen molar-refractivity contribution < 1.29 is 18.3 Å². The summed E-state index contributed by atoms with van der Waals surface area (Å²) in [6.07, 6.45) is 2.41. The van der Waals surface area contributed by atoms with E-state index in [0.29, 0.717) is 17.7 Å². The Hall–Kier alpha value is -4.00. The van der Waals surface area contributed by atoms with Crippen LogP contribution in [0.25, 0.3) is 11.0 Å². The van der Waals surface area contributed by atoms with Gasteiger partial charge in [0.2, 0.25) is 5.95 Å². The summed E-state index contributed by atoms with van der Waals surface area (Å²) in [5.41, 5.74) is 2.99. The zero-order chi connectivity index (χ0) is 28.3. The Balaban J connectivity index is 1.44. The summed E-state index contributed by atoms with van der Waals surface area (Å²) in [7, 11) is -3.91. The molecular formula is C28H33N7O4S. The molecule has 210 valence electrons. The smallest absolute Gasteiger partial charge is 0.269 e. The highest BCUT2D eigenvalue weighted by molar-refractivity contribution is 7.90. The molecule has 4 aromatic rings. The van der Waals surface area contributed by atoms with Crippen LogP contribution in [0.4, 0.5) is 23.1 Å². The number of nitrogens with one attached hydrogen (secondary N) is 2. The van der Waals surface area contributed by atoms with Gasteiger partial charge in [-0.1, -0.05) is 17.7 Å². The van der Waals surface area contributed by atoms with Crippen molar-refractivity contribution in [2.75, 3.05) is 54.9 Å². The number of hydrogen-bond acceptors (Lipinski definition) is 10. The molecule has 1 aliphatic heterocycles. The number of rotatable bonds is 10. The normalized spacial score (nSPS) is 15.2. The van der Waals surface area contributed by atoms with E-state index < -0.39 is 10.0 Å². The molecule has 0 amide bonds. The monoisotopic (exact) mass is 563 g/mol. The number of hydrogen-bond donors (Lipinski definition) is 3. The zero-order valence-corrected chi connectivity index (χ0v) is 23.3. The van der Waals surface area contributed by atoms with Crippen molar-refractivity contribution in [3.8, 4) is 0 Å². The first kappa shape index (κ1) is 27.6. The van der Waals surface area contributed by atoms with Gasteiger partial charge in [0.05, 0.1) is 23.4 Å². The Kier molecular flexibility index (Phi) is 8.01. The van der Waals surface area contributed by atoms with Crippen LogP contribution in [0.1, 0.15) is 12.5 Å². The lowest BCUT2D eigenvalue weighted by Crippen LogP contribution is -2.46. The topological polar surface area (TPSA) is 133 Å². The summed E-state index contributed by atoms with van der Waals surface area (Å²) in [6, 6.07) is 15.9. The molecule has 1 aliphatic rings. The maximum Gasteiger partial charge on any atom is 0.269 e. The van der Waals surface area contributed by atoms with E-state index in [-0.39, 0.29) is 29.1 Å². The van der Waals surface area contributed by atoms with Crippen LogP contribution in [0.3, 0.4) is 0 Å². The van der Waals surface area contributed by atoms with E-state index in [1.807, 2.05) is 31.2 Å². The van der Waals surface area contributed by atoms with Crippen LogP contribution in [0.5, 0.6) is 0 Å². The average molecular weight is 564 g/mol. The molecule has 2 aromatic carbocycles. The van der Waals surface area contributed by atoms with Gasteiger partial charge in [0, 0.05) is 49.8 Å². The van der Waals surface area contributed by atoms with Crippen LogP contribution in [-0.2, 0) is 14.8 Å². The Bertz CT molecular complexity index is 1580.